The molecule has 2 atom stereocenters. The van der Waals surface area contributed by atoms with E-state index in [0.717, 1.165) is 50.3 Å². The predicted molar refractivity (Wildman–Crippen MR) is 92.9 cm³/mol. The summed E-state index contributed by atoms with van der Waals surface area (Å²) in [7, 11) is 1.67. The maximum atomic E-state index is 12.7. The van der Waals surface area contributed by atoms with Crippen molar-refractivity contribution in [1.29, 1.82) is 0 Å². The summed E-state index contributed by atoms with van der Waals surface area (Å²) < 4.78 is 5.25. The van der Waals surface area contributed by atoms with Gasteiger partial charge in [-0.25, -0.2) is 4.98 Å². The Hall–Kier alpha value is -1.69. The number of hydrogen-bond donors (Lipinski definition) is 1. The lowest BCUT2D eigenvalue weighted by Gasteiger charge is -2.22. The third-order valence-electron chi connectivity index (χ3n) is 5.33. The maximum Gasteiger partial charge on any atom is 0.228 e. The number of hydrogen-bond acceptors (Lipinski definition) is 5. The average Bonchev–Trinajstić information content (AvgIpc) is 3.25. The molecular weight excluding hydrogens is 304 g/mol. The summed E-state index contributed by atoms with van der Waals surface area (Å²) in [6, 6.07) is 0.174. The molecule has 1 amide bonds. The smallest absolute Gasteiger partial charge is 0.228 e. The van der Waals surface area contributed by atoms with Crippen LogP contribution in [0.25, 0.3) is 0 Å². The van der Waals surface area contributed by atoms with Gasteiger partial charge in [-0.1, -0.05) is 13.3 Å². The normalized spacial score (nSPS) is 24.9. The minimum absolute atomic E-state index is 0.160. The molecule has 1 aliphatic carbocycles. The molecule has 2 aliphatic rings. The number of aromatic nitrogens is 2. The molecule has 0 unspecified atom stereocenters. The Bertz CT molecular complexity index is 588. The van der Waals surface area contributed by atoms with Gasteiger partial charge in [0.15, 0.2) is 0 Å². The highest BCUT2D eigenvalue weighted by Gasteiger charge is 2.51. The molecule has 0 bridgehead atoms. The topological polar surface area (TPSA) is 67.4 Å². The van der Waals surface area contributed by atoms with E-state index in [1.54, 1.807) is 19.5 Å². The number of aryl methyl sites for hydroxylation is 1. The second-order valence-corrected chi connectivity index (χ2v) is 7.21. The molecule has 1 saturated heterocycles. The van der Waals surface area contributed by atoms with Crippen LogP contribution in [-0.2, 0) is 9.53 Å². The van der Waals surface area contributed by atoms with E-state index in [2.05, 4.69) is 27.1 Å². The van der Waals surface area contributed by atoms with Crippen LogP contribution in [0.1, 0.15) is 38.3 Å². The van der Waals surface area contributed by atoms with Crippen molar-refractivity contribution < 1.29 is 9.53 Å². The first kappa shape index (κ1) is 17.1. The molecule has 6 heteroatoms. The maximum absolute atomic E-state index is 12.7. The molecule has 0 radical (unpaired) electrons. The molecule has 132 valence electrons. The van der Waals surface area contributed by atoms with Crippen LogP contribution in [0.3, 0.4) is 0 Å². The van der Waals surface area contributed by atoms with E-state index in [4.69, 9.17) is 4.74 Å². The highest BCUT2D eigenvalue weighted by Crippen LogP contribution is 2.46. The molecule has 1 aromatic rings. The van der Waals surface area contributed by atoms with Crippen LogP contribution in [0, 0.1) is 18.3 Å². The van der Waals surface area contributed by atoms with Gasteiger partial charge in [-0.05, 0) is 32.1 Å². The van der Waals surface area contributed by atoms with Gasteiger partial charge in [-0.2, -0.15) is 0 Å². The van der Waals surface area contributed by atoms with Crippen LogP contribution in [0.4, 0.5) is 5.82 Å². The predicted octanol–water partition coefficient (Wildman–Crippen LogP) is 1.93. The second kappa shape index (κ2) is 7.05. The van der Waals surface area contributed by atoms with Crippen molar-refractivity contribution in [3.8, 4) is 0 Å². The van der Waals surface area contributed by atoms with E-state index < -0.39 is 0 Å². The molecular formula is C18H28N4O2. The van der Waals surface area contributed by atoms with E-state index in [1.165, 1.54) is 0 Å². The van der Waals surface area contributed by atoms with Gasteiger partial charge < -0.3 is 15.0 Å². The number of ether oxygens (including phenoxy) is 1. The van der Waals surface area contributed by atoms with Crippen molar-refractivity contribution in [2.45, 2.75) is 45.6 Å². The van der Waals surface area contributed by atoms with Gasteiger partial charge in [0.1, 0.15) is 5.82 Å². The summed E-state index contributed by atoms with van der Waals surface area (Å²) in [5.74, 6) is 1.56. The molecule has 3 rings (SSSR count). The van der Waals surface area contributed by atoms with Crippen LogP contribution >= 0.6 is 0 Å². The van der Waals surface area contributed by atoms with Gasteiger partial charge in [0.05, 0.1) is 23.8 Å². The fraction of sp³-hybridized carbons (Fsp3) is 0.722. The van der Waals surface area contributed by atoms with Crippen molar-refractivity contribution in [3.63, 3.8) is 0 Å². The Morgan fingerprint density at radius 3 is 2.75 bits per heavy atom. The standard InChI is InChI=1S/C18H28N4O2/c1-4-5-14-10-22(16-13(2)19-8-9-20-16)11-15(14)21-17(23)18(6-7-18)12-24-3/h8-9,14-15H,4-7,10-12H2,1-3H3,(H,21,23)/t14-,15-/m0/s1. The van der Waals surface area contributed by atoms with Gasteiger partial charge in [0.2, 0.25) is 5.91 Å². The summed E-state index contributed by atoms with van der Waals surface area (Å²) >= 11 is 0. The molecule has 0 aromatic carbocycles. The van der Waals surface area contributed by atoms with Crippen molar-refractivity contribution in [2.75, 3.05) is 31.7 Å². The van der Waals surface area contributed by atoms with Crippen molar-refractivity contribution in [1.82, 2.24) is 15.3 Å². The highest BCUT2D eigenvalue weighted by molar-refractivity contribution is 5.85. The third kappa shape index (κ3) is 3.38. The van der Waals surface area contributed by atoms with Gasteiger partial charge >= 0.3 is 0 Å². The SMILES string of the molecule is CCC[C@H]1CN(c2nccnc2C)C[C@@H]1NC(=O)C1(COC)CC1. The quantitative estimate of drug-likeness (QED) is 0.826. The zero-order valence-electron chi connectivity index (χ0n) is 14.9. The molecule has 1 aromatic heterocycles. The summed E-state index contributed by atoms with van der Waals surface area (Å²) in [5.41, 5.74) is 0.666. The number of nitrogens with one attached hydrogen (secondary N) is 1. The molecule has 0 spiro atoms. The Balaban J connectivity index is 1.70. The van der Waals surface area contributed by atoms with Crippen LogP contribution in [-0.4, -0.2) is 48.7 Å². The first-order valence-corrected chi connectivity index (χ1v) is 8.92. The van der Waals surface area contributed by atoms with Crippen LogP contribution in [0.15, 0.2) is 12.4 Å². The number of carbonyl (C=O) groups excluding carboxylic acids is 1. The number of anilines is 1. The van der Waals surface area contributed by atoms with Crippen LogP contribution in [0.2, 0.25) is 0 Å². The van der Waals surface area contributed by atoms with E-state index in [9.17, 15) is 4.79 Å². The number of rotatable bonds is 7. The van der Waals surface area contributed by atoms with E-state index in [0.29, 0.717) is 12.5 Å². The second-order valence-electron chi connectivity index (χ2n) is 7.21. The lowest BCUT2D eigenvalue weighted by atomic mass is 9.97. The zero-order valence-corrected chi connectivity index (χ0v) is 14.9. The lowest BCUT2D eigenvalue weighted by molar-refractivity contribution is -0.129. The Kier molecular flexibility index (Phi) is 5.04. The lowest BCUT2D eigenvalue weighted by Crippen LogP contribution is -2.45. The van der Waals surface area contributed by atoms with Crippen molar-refractivity contribution >= 4 is 11.7 Å². The van der Waals surface area contributed by atoms with Gasteiger partial charge in [0, 0.05) is 32.6 Å². The molecule has 2 heterocycles. The summed E-state index contributed by atoms with van der Waals surface area (Å²) in [6.45, 7) is 6.44. The average molecular weight is 332 g/mol. The van der Waals surface area contributed by atoms with Gasteiger partial charge in [0.25, 0.3) is 0 Å². The zero-order chi connectivity index (χ0) is 17.2. The van der Waals surface area contributed by atoms with Crippen LogP contribution in [0.5, 0.6) is 0 Å². The molecule has 6 nitrogen and oxygen atoms in total. The number of nitrogens with zero attached hydrogens (tertiary/aromatic N) is 3. The van der Waals surface area contributed by atoms with Gasteiger partial charge in [-0.15, -0.1) is 0 Å². The fourth-order valence-corrected chi connectivity index (χ4v) is 3.77. The van der Waals surface area contributed by atoms with E-state index in [-0.39, 0.29) is 17.4 Å². The third-order valence-corrected chi connectivity index (χ3v) is 5.33. The number of methoxy groups -OCH3 is 1. The van der Waals surface area contributed by atoms with E-state index >= 15 is 0 Å². The van der Waals surface area contributed by atoms with Crippen molar-refractivity contribution in [3.05, 3.63) is 18.1 Å². The minimum Gasteiger partial charge on any atom is -0.384 e. The fourth-order valence-electron chi connectivity index (χ4n) is 3.77. The summed E-state index contributed by atoms with van der Waals surface area (Å²) in [5, 5.41) is 3.31. The largest absolute Gasteiger partial charge is 0.384 e. The first-order chi connectivity index (χ1) is 11.6. The molecule has 1 N–H and O–H groups in total. The van der Waals surface area contributed by atoms with Gasteiger partial charge in [-0.3, -0.25) is 9.78 Å². The van der Waals surface area contributed by atoms with Crippen molar-refractivity contribution in [2.24, 2.45) is 11.3 Å². The molecule has 2 fully saturated rings. The summed E-state index contributed by atoms with van der Waals surface area (Å²) in [4.78, 5) is 23.8. The first-order valence-electron chi connectivity index (χ1n) is 8.92. The Labute approximate surface area is 144 Å². The highest BCUT2D eigenvalue weighted by atomic mass is 16.5. The summed E-state index contributed by atoms with van der Waals surface area (Å²) in [6.07, 6.45) is 7.56. The Morgan fingerprint density at radius 2 is 2.12 bits per heavy atom. The Morgan fingerprint density at radius 1 is 1.38 bits per heavy atom. The minimum atomic E-state index is -0.276. The monoisotopic (exact) mass is 332 g/mol. The molecule has 24 heavy (non-hydrogen) atoms. The van der Waals surface area contributed by atoms with E-state index in [1.807, 2.05) is 6.92 Å². The molecule has 1 saturated carbocycles. The molecule has 1 aliphatic heterocycles. The number of amides is 1. The number of carbonyl (C=O) groups is 1. The van der Waals surface area contributed by atoms with Crippen LogP contribution < -0.4 is 10.2 Å².